The summed E-state index contributed by atoms with van der Waals surface area (Å²) < 4.78 is 0. The van der Waals surface area contributed by atoms with Crippen LogP contribution in [0.4, 0.5) is 0 Å². The summed E-state index contributed by atoms with van der Waals surface area (Å²) in [5.41, 5.74) is 9.72. The molecule has 0 spiro atoms. The van der Waals surface area contributed by atoms with Gasteiger partial charge in [-0.15, -0.1) is 11.3 Å². The zero-order valence-corrected chi connectivity index (χ0v) is 19.4. The predicted molar refractivity (Wildman–Crippen MR) is 120 cm³/mol. The highest BCUT2D eigenvalue weighted by Gasteiger charge is 2.27. The Kier molecular flexibility index (Phi) is 8.45. The number of likely N-dealkylation sites (N-methyl/N-ethyl adjacent to an activating group) is 1. The van der Waals surface area contributed by atoms with Crippen molar-refractivity contribution in [2.75, 3.05) is 13.1 Å². The van der Waals surface area contributed by atoms with Crippen molar-refractivity contribution < 1.29 is 19.2 Å². The van der Waals surface area contributed by atoms with Crippen molar-refractivity contribution >= 4 is 29.2 Å². The van der Waals surface area contributed by atoms with Crippen LogP contribution in [0.3, 0.4) is 0 Å². The van der Waals surface area contributed by atoms with E-state index in [1.807, 2.05) is 12.1 Å². The monoisotopic (exact) mass is 442 g/mol. The average molecular weight is 443 g/mol. The molecule has 1 aromatic heterocycles. The van der Waals surface area contributed by atoms with Crippen LogP contribution in [0.1, 0.15) is 64.5 Å². The topological polar surface area (TPSA) is 97.5 Å². The summed E-state index contributed by atoms with van der Waals surface area (Å²) in [5, 5.41) is 0. The van der Waals surface area contributed by atoms with Gasteiger partial charge in [-0.2, -0.15) is 9.59 Å². The third-order valence-electron chi connectivity index (χ3n) is 5.48. The number of amides is 1. The molecule has 0 saturated heterocycles. The molecule has 1 amide bonds. The van der Waals surface area contributed by atoms with Gasteiger partial charge < -0.3 is 5.73 Å². The molecule has 2 aromatic rings. The van der Waals surface area contributed by atoms with Gasteiger partial charge in [-0.3, -0.25) is 14.5 Å². The highest BCUT2D eigenvalue weighted by atomic mass is 32.1. The quantitative estimate of drug-likeness (QED) is 0.740. The van der Waals surface area contributed by atoms with E-state index >= 15 is 0 Å². The van der Waals surface area contributed by atoms with Crippen LogP contribution in [-0.4, -0.2) is 35.8 Å². The SMILES string of the molecule is CCN1CCc2c(sc(CC(=O)Cc3ccc(C(C)(C)C)cc3)c2C(N)=O)C1.O=C=O. The van der Waals surface area contributed by atoms with Crippen LogP contribution < -0.4 is 5.73 Å². The summed E-state index contributed by atoms with van der Waals surface area (Å²) >= 11 is 1.59. The molecule has 0 saturated carbocycles. The van der Waals surface area contributed by atoms with E-state index in [0.29, 0.717) is 12.0 Å². The second-order valence-electron chi connectivity index (χ2n) is 8.71. The molecule has 0 radical (unpaired) electrons. The number of carbonyl (C=O) groups excluding carboxylic acids is 4. The molecule has 2 heterocycles. The van der Waals surface area contributed by atoms with E-state index in [1.54, 1.807) is 11.3 Å². The van der Waals surface area contributed by atoms with Gasteiger partial charge in [-0.05, 0) is 35.1 Å². The lowest BCUT2D eigenvalue weighted by Gasteiger charge is -2.25. The third-order valence-corrected chi connectivity index (χ3v) is 6.70. The number of primary amides is 1. The standard InChI is InChI=1S/C23H30N2O2S.CO2/c1-5-25-11-10-18-20(14-25)28-19(21(18)22(24)27)13-17(26)12-15-6-8-16(9-7-15)23(2,3)4;2-1-3/h6-9H,5,10-14H2,1-4H3,(H2,24,27);. The van der Waals surface area contributed by atoms with Crippen molar-refractivity contribution in [2.45, 2.75) is 58.9 Å². The number of hydrogen-bond acceptors (Lipinski definition) is 6. The number of fused-ring (bicyclic) bond motifs is 1. The summed E-state index contributed by atoms with van der Waals surface area (Å²) in [6.45, 7) is 11.4. The predicted octanol–water partition coefficient (Wildman–Crippen LogP) is 3.29. The fraction of sp³-hybridized carbons (Fsp3) is 0.458. The molecule has 3 rings (SSSR count). The van der Waals surface area contributed by atoms with E-state index in [0.717, 1.165) is 42.1 Å². The molecule has 6 nitrogen and oxygen atoms in total. The Labute approximate surface area is 187 Å². The van der Waals surface area contributed by atoms with Gasteiger partial charge in [0.1, 0.15) is 5.78 Å². The molecule has 0 aliphatic carbocycles. The van der Waals surface area contributed by atoms with Gasteiger partial charge in [0.15, 0.2) is 0 Å². The van der Waals surface area contributed by atoms with Crippen LogP contribution in [0.2, 0.25) is 0 Å². The van der Waals surface area contributed by atoms with E-state index < -0.39 is 5.91 Å². The maximum absolute atomic E-state index is 12.7. The Hall–Kier alpha value is -2.60. The summed E-state index contributed by atoms with van der Waals surface area (Å²) in [7, 11) is 0. The molecule has 7 heteroatoms. The lowest BCUT2D eigenvalue weighted by molar-refractivity contribution is -0.191. The van der Waals surface area contributed by atoms with Gasteiger partial charge in [-0.25, -0.2) is 0 Å². The van der Waals surface area contributed by atoms with E-state index in [9.17, 15) is 9.59 Å². The molecule has 0 fully saturated rings. The molecule has 0 bridgehead atoms. The summed E-state index contributed by atoms with van der Waals surface area (Å²) in [6, 6.07) is 8.26. The summed E-state index contributed by atoms with van der Waals surface area (Å²) in [6.07, 6.45) is 1.75. The zero-order valence-electron chi connectivity index (χ0n) is 18.6. The largest absolute Gasteiger partial charge is 0.373 e. The Balaban J connectivity index is 0.00000107. The van der Waals surface area contributed by atoms with E-state index in [4.69, 9.17) is 15.3 Å². The second kappa shape index (κ2) is 10.6. The van der Waals surface area contributed by atoms with Crippen molar-refractivity contribution in [1.82, 2.24) is 4.90 Å². The van der Waals surface area contributed by atoms with E-state index in [2.05, 4.69) is 44.7 Å². The number of Topliss-reactive ketones (excluding diaryl/α,β-unsaturated/α-hetero) is 1. The number of nitrogens with two attached hydrogens (primary N) is 1. The van der Waals surface area contributed by atoms with Crippen molar-refractivity contribution in [1.29, 1.82) is 0 Å². The number of nitrogens with zero attached hydrogens (tertiary/aromatic N) is 1. The molecule has 1 aliphatic heterocycles. The van der Waals surface area contributed by atoms with Gasteiger partial charge in [-0.1, -0.05) is 52.0 Å². The van der Waals surface area contributed by atoms with Crippen LogP contribution in [0, 0.1) is 0 Å². The first-order chi connectivity index (χ1) is 14.6. The van der Waals surface area contributed by atoms with Crippen molar-refractivity contribution in [3.05, 3.63) is 56.3 Å². The van der Waals surface area contributed by atoms with Gasteiger partial charge in [0.2, 0.25) is 5.91 Å². The van der Waals surface area contributed by atoms with Crippen LogP contribution >= 0.6 is 11.3 Å². The normalized spacial score (nSPS) is 13.5. The second-order valence-corrected chi connectivity index (χ2v) is 9.90. The van der Waals surface area contributed by atoms with E-state index in [1.165, 1.54) is 10.4 Å². The average Bonchev–Trinajstić information content (AvgIpc) is 3.05. The molecule has 1 aliphatic rings. The minimum atomic E-state index is -0.403. The molecule has 31 heavy (non-hydrogen) atoms. The van der Waals surface area contributed by atoms with E-state index in [-0.39, 0.29) is 23.8 Å². The van der Waals surface area contributed by atoms with Crippen molar-refractivity contribution in [2.24, 2.45) is 5.73 Å². The Morgan fingerprint density at radius 2 is 1.74 bits per heavy atom. The maximum Gasteiger partial charge on any atom is 0.373 e. The van der Waals surface area contributed by atoms with Gasteiger partial charge >= 0.3 is 6.15 Å². The number of hydrogen-bond donors (Lipinski definition) is 1. The first-order valence-electron chi connectivity index (χ1n) is 10.4. The minimum absolute atomic E-state index is 0.0986. The fourth-order valence-electron chi connectivity index (χ4n) is 3.79. The highest BCUT2D eigenvalue weighted by molar-refractivity contribution is 7.12. The van der Waals surface area contributed by atoms with Gasteiger partial charge in [0.05, 0.1) is 5.56 Å². The molecular weight excluding hydrogens is 412 g/mol. The first-order valence-corrected chi connectivity index (χ1v) is 11.2. The van der Waals surface area contributed by atoms with Crippen LogP contribution in [0.25, 0.3) is 0 Å². The highest BCUT2D eigenvalue weighted by Crippen LogP contribution is 2.33. The third kappa shape index (κ3) is 6.44. The lowest BCUT2D eigenvalue weighted by Crippen LogP contribution is -2.30. The zero-order chi connectivity index (χ0) is 23.2. The lowest BCUT2D eigenvalue weighted by atomic mass is 9.86. The smallest absolute Gasteiger partial charge is 0.366 e. The number of rotatable bonds is 6. The minimum Gasteiger partial charge on any atom is -0.366 e. The fourth-order valence-corrected chi connectivity index (χ4v) is 5.22. The van der Waals surface area contributed by atoms with Crippen molar-refractivity contribution in [3.63, 3.8) is 0 Å². The number of thiophene rings is 1. The van der Waals surface area contributed by atoms with Crippen LogP contribution in [0.15, 0.2) is 24.3 Å². The van der Waals surface area contributed by atoms with Gasteiger partial charge in [0, 0.05) is 35.7 Å². The molecule has 166 valence electrons. The Morgan fingerprint density at radius 1 is 1.13 bits per heavy atom. The van der Waals surface area contributed by atoms with Crippen molar-refractivity contribution in [3.8, 4) is 0 Å². The number of benzene rings is 1. The summed E-state index contributed by atoms with van der Waals surface area (Å²) in [4.78, 5) is 45.4. The molecule has 0 atom stereocenters. The van der Waals surface area contributed by atoms with Crippen LogP contribution in [-0.2, 0) is 45.6 Å². The summed E-state index contributed by atoms with van der Waals surface area (Å²) in [5.74, 6) is -0.281. The van der Waals surface area contributed by atoms with Crippen LogP contribution in [0.5, 0.6) is 0 Å². The van der Waals surface area contributed by atoms with Gasteiger partial charge in [0.25, 0.3) is 0 Å². The molecule has 2 N–H and O–H groups in total. The molecular formula is C24H30N2O4S. The first kappa shape index (κ1) is 24.7. The molecule has 1 aromatic carbocycles. The Morgan fingerprint density at radius 3 is 2.26 bits per heavy atom. The number of carbonyl (C=O) groups is 2. The maximum atomic E-state index is 12.7. The molecule has 0 unspecified atom stereocenters. The Bertz CT molecular complexity index is 965. The number of ketones is 1.